The summed E-state index contributed by atoms with van der Waals surface area (Å²) in [7, 11) is 0. The first kappa shape index (κ1) is 23.2. The molecule has 0 bridgehead atoms. The van der Waals surface area contributed by atoms with Crippen LogP contribution in [0.5, 0.6) is 0 Å². The summed E-state index contributed by atoms with van der Waals surface area (Å²) in [5.41, 5.74) is 2.18. The summed E-state index contributed by atoms with van der Waals surface area (Å²) in [5, 5.41) is 24.4. The van der Waals surface area contributed by atoms with E-state index in [0.29, 0.717) is 23.9 Å². The smallest absolute Gasteiger partial charge is 0.407 e. The summed E-state index contributed by atoms with van der Waals surface area (Å²) < 4.78 is 0. The molecule has 0 saturated carbocycles. The van der Waals surface area contributed by atoms with Crippen LogP contribution in [0.1, 0.15) is 39.4 Å². The van der Waals surface area contributed by atoms with Crippen molar-refractivity contribution < 1.29 is 15.0 Å². The molecule has 9 heteroatoms. The first-order valence-electron chi connectivity index (χ1n) is 11.0. The number of hydrogen-bond donors (Lipinski definition) is 3. The lowest BCUT2D eigenvalue weighted by atomic mass is 9.91. The Hall–Kier alpha value is -2.97. The third-order valence-electron chi connectivity index (χ3n) is 6.16. The molecule has 2 atom stereocenters. The number of carbonyl (C=O) groups is 1. The molecule has 2 aromatic heterocycles. The zero-order valence-corrected chi connectivity index (χ0v) is 19.7. The minimum absolute atomic E-state index is 0.0216. The minimum atomic E-state index is -1.11. The summed E-state index contributed by atoms with van der Waals surface area (Å²) in [6.45, 7) is 6.43. The molecule has 1 aromatic carbocycles. The fourth-order valence-electron chi connectivity index (χ4n) is 4.22. The van der Waals surface area contributed by atoms with E-state index in [0.717, 1.165) is 40.6 Å². The van der Waals surface area contributed by atoms with Crippen LogP contribution >= 0.6 is 11.6 Å². The number of hydrogen-bond acceptors (Lipinski definition) is 6. The third-order valence-corrected chi connectivity index (χ3v) is 6.45. The van der Waals surface area contributed by atoms with Crippen molar-refractivity contribution in [2.45, 2.75) is 45.3 Å². The molecule has 1 aliphatic rings. The van der Waals surface area contributed by atoms with Gasteiger partial charge in [-0.25, -0.2) is 14.8 Å². The maximum absolute atomic E-state index is 11.4. The minimum Gasteiger partial charge on any atom is -0.465 e. The van der Waals surface area contributed by atoms with E-state index in [4.69, 9.17) is 11.6 Å². The monoisotopic (exact) mass is 469 g/mol. The van der Waals surface area contributed by atoms with Crippen LogP contribution in [0.2, 0.25) is 5.02 Å². The molecule has 1 fully saturated rings. The SMILES string of the molecule is CC(Nc1c(Cl)cnc2ccc(-c3cnc(C(C)(C)O)nc3)cc12)[C@@H]1CCCN(C(=O)O)C1. The van der Waals surface area contributed by atoms with Crippen LogP contribution < -0.4 is 5.32 Å². The van der Waals surface area contributed by atoms with Gasteiger partial charge in [-0.15, -0.1) is 0 Å². The van der Waals surface area contributed by atoms with E-state index in [1.165, 1.54) is 4.90 Å². The van der Waals surface area contributed by atoms with E-state index < -0.39 is 11.7 Å². The van der Waals surface area contributed by atoms with E-state index in [9.17, 15) is 15.0 Å². The van der Waals surface area contributed by atoms with Gasteiger partial charge in [-0.3, -0.25) is 4.98 Å². The highest BCUT2D eigenvalue weighted by molar-refractivity contribution is 6.34. The van der Waals surface area contributed by atoms with E-state index >= 15 is 0 Å². The third kappa shape index (κ3) is 5.02. The second-order valence-corrected chi connectivity index (χ2v) is 9.54. The maximum atomic E-state index is 11.4. The van der Waals surface area contributed by atoms with Crippen molar-refractivity contribution in [3.05, 3.63) is 47.6 Å². The number of pyridine rings is 1. The zero-order valence-electron chi connectivity index (χ0n) is 18.9. The number of benzene rings is 1. The van der Waals surface area contributed by atoms with Crippen molar-refractivity contribution in [2.24, 2.45) is 5.92 Å². The zero-order chi connectivity index (χ0) is 23.8. The molecule has 8 nitrogen and oxygen atoms in total. The number of aliphatic hydroxyl groups is 1. The Morgan fingerprint density at radius 1 is 1.21 bits per heavy atom. The van der Waals surface area contributed by atoms with E-state index in [1.54, 1.807) is 32.4 Å². The molecular weight excluding hydrogens is 442 g/mol. The highest BCUT2D eigenvalue weighted by atomic mass is 35.5. The number of anilines is 1. The highest BCUT2D eigenvalue weighted by Gasteiger charge is 2.28. The van der Waals surface area contributed by atoms with Crippen LogP contribution in [0.25, 0.3) is 22.0 Å². The Morgan fingerprint density at radius 3 is 2.61 bits per heavy atom. The average Bonchev–Trinajstić information content (AvgIpc) is 2.80. The lowest BCUT2D eigenvalue weighted by Crippen LogP contribution is -2.44. The Labute approximate surface area is 197 Å². The lowest BCUT2D eigenvalue weighted by molar-refractivity contribution is 0.0687. The van der Waals surface area contributed by atoms with Crippen molar-refractivity contribution >= 4 is 34.3 Å². The molecule has 0 spiro atoms. The number of likely N-dealkylation sites (tertiary alicyclic amines) is 1. The Balaban J connectivity index is 1.64. The van der Waals surface area contributed by atoms with Gasteiger partial charge in [-0.2, -0.15) is 0 Å². The molecule has 1 unspecified atom stereocenters. The summed E-state index contributed by atoms with van der Waals surface area (Å²) in [6, 6.07) is 5.89. The number of nitrogens with one attached hydrogen (secondary N) is 1. The number of carboxylic acid groups (broad SMARTS) is 1. The van der Waals surface area contributed by atoms with Crippen molar-refractivity contribution in [1.29, 1.82) is 0 Å². The normalized spacial score (nSPS) is 17.7. The number of rotatable bonds is 5. The Kier molecular flexibility index (Phi) is 6.41. The predicted molar refractivity (Wildman–Crippen MR) is 128 cm³/mol. The van der Waals surface area contributed by atoms with Gasteiger partial charge in [0.25, 0.3) is 0 Å². The van der Waals surface area contributed by atoms with Crippen LogP contribution in [-0.2, 0) is 5.60 Å². The van der Waals surface area contributed by atoms with Crippen LogP contribution in [0.3, 0.4) is 0 Å². The van der Waals surface area contributed by atoms with Gasteiger partial charge in [-0.1, -0.05) is 17.7 Å². The van der Waals surface area contributed by atoms with Gasteiger partial charge < -0.3 is 20.4 Å². The second-order valence-electron chi connectivity index (χ2n) is 9.13. The fraction of sp³-hybridized carbons (Fsp3) is 0.417. The maximum Gasteiger partial charge on any atom is 0.407 e. The summed E-state index contributed by atoms with van der Waals surface area (Å²) in [4.78, 5) is 26.0. The van der Waals surface area contributed by atoms with E-state index in [1.807, 2.05) is 18.2 Å². The topological polar surface area (TPSA) is 111 Å². The number of aromatic nitrogens is 3. The van der Waals surface area contributed by atoms with Gasteiger partial charge in [0.2, 0.25) is 0 Å². The van der Waals surface area contributed by atoms with Crippen molar-refractivity contribution in [3.63, 3.8) is 0 Å². The Morgan fingerprint density at radius 2 is 1.94 bits per heavy atom. The van der Waals surface area contributed by atoms with Gasteiger partial charge in [0, 0.05) is 48.7 Å². The molecule has 3 N–H and O–H groups in total. The van der Waals surface area contributed by atoms with Gasteiger partial charge in [-0.05, 0) is 57.2 Å². The quantitative estimate of drug-likeness (QED) is 0.493. The Bertz CT molecular complexity index is 1160. The number of nitrogens with zero attached hydrogens (tertiary/aromatic N) is 4. The molecule has 1 amide bonds. The van der Waals surface area contributed by atoms with Crippen LogP contribution in [0, 0.1) is 5.92 Å². The van der Waals surface area contributed by atoms with Crippen LogP contribution in [0.4, 0.5) is 10.5 Å². The van der Waals surface area contributed by atoms with Crippen LogP contribution in [0.15, 0.2) is 36.8 Å². The molecule has 0 aliphatic carbocycles. The lowest BCUT2D eigenvalue weighted by Gasteiger charge is -2.35. The highest BCUT2D eigenvalue weighted by Crippen LogP contribution is 2.34. The molecule has 1 saturated heterocycles. The average molecular weight is 470 g/mol. The summed E-state index contributed by atoms with van der Waals surface area (Å²) in [6.07, 6.45) is 5.94. The van der Waals surface area contributed by atoms with E-state index in [-0.39, 0.29) is 12.0 Å². The van der Waals surface area contributed by atoms with E-state index in [2.05, 4.69) is 27.2 Å². The van der Waals surface area contributed by atoms with Gasteiger partial charge >= 0.3 is 6.09 Å². The molecular formula is C24H28ClN5O3. The number of halogens is 1. The van der Waals surface area contributed by atoms with Crippen molar-refractivity contribution in [1.82, 2.24) is 19.9 Å². The van der Waals surface area contributed by atoms with Crippen molar-refractivity contribution in [3.8, 4) is 11.1 Å². The van der Waals surface area contributed by atoms with Gasteiger partial charge in [0.05, 0.1) is 16.2 Å². The largest absolute Gasteiger partial charge is 0.465 e. The second kappa shape index (κ2) is 9.11. The first-order valence-corrected chi connectivity index (χ1v) is 11.4. The molecule has 0 radical (unpaired) electrons. The number of amides is 1. The molecule has 174 valence electrons. The number of piperidine rings is 1. The molecule has 4 rings (SSSR count). The molecule has 3 heterocycles. The molecule has 3 aromatic rings. The summed E-state index contributed by atoms with van der Waals surface area (Å²) >= 11 is 6.55. The fourth-order valence-corrected chi connectivity index (χ4v) is 4.43. The van der Waals surface area contributed by atoms with Crippen LogP contribution in [-0.4, -0.2) is 55.3 Å². The van der Waals surface area contributed by atoms with Gasteiger partial charge in [0.1, 0.15) is 5.60 Å². The molecule has 1 aliphatic heterocycles. The van der Waals surface area contributed by atoms with Gasteiger partial charge in [0.15, 0.2) is 5.82 Å². The first-order chi connectivity index (χ1) is 15.6. The predicted octanol–water partition coefficient (Wildman–Crippen LogP) is 4.76. The summed E-state index contributed by atoms with van der Waals surface area (Å²) in [5.74, 6) is 0.538. The standard InChI is InChI=1S/C24H28ClN5O3/c1-14(16-5-4-8-30(13-16)23(31)32)29-21-18-9-15(6-7-20(18)26-12-19(21)25)17-10-27-22(28-11-17)24(2,3)33/h6-7,9-12,14,16,33H,4-5,8,13H2,1-3H3,(H,26,29)(H,31,32)/t14?,16-/m1/s1. The molecule has 33 heavy (non-hydrogen) atoms. The van der Waals surface area contributed by atoms with Crippen molar-refractivity contribution in [2.75, 3.05) is 18.4 Å². The number of fused-ring (bicyclic) bond motifs is 1.